The highest BCUT2D eigenvalue weighted by molar-refractivity contribution is 5.22. The normalized spacial score (nSPS) is 34.3. The van der Waals surface area contributed by atoms with Gasteiger partial charge < -0.3 is 0 Å². The maximum atomic E-state index is 2.45. The molecule has 1 saturated carbocycles. The molecule has 0 aromatic heterocycles. The minimum Gasteiger partial charge on any atom is -0.0780 e. The predicted molar refractivity (Wildman–Crippen MR) is 62.2 cm³/mol. The van der Waals surface area contributed by atoms with Crippen molar-refractivity contribution in [1.82, 2.24) is 0 Å². The Morgan fingerprint density at radius 3 is 2.57 bits per heavy atom. The second-order valence-corrected chi connectivity index (χ2v) is 5.39. The molecule has 2 aliphatic rings. The lowest BCUT2D eigenvalue weighted by Crippen LogP contribution is -2.28. The molecular formula is C14H22. The fourth-order valence-electron chi connectivity index (χ4n) is 3.19. The van der Waals surface area contributed by atoms with Gasteiger partial charge in [-0.25, -0.2) is 0 Å². The van der Waals surface area contributed by atoms with Gasteiger partial charge >= 0.3 is 0 Å². The second-order valence-electron chi connectivity index (χ2n) is 5.39. The molecule has 1 atom stereocenters. The molecule has 0 spiro atoms. The van der Waals surface area contributed by atoms with Gasteiger partial charge in [-0.1, -0.05) is 50.0 Å². The van der Waals surface area contributed by atoms with Gasteiger partial charge in [-0.2, -0.15) is 0 Å². The molecule has 0 aromatic carbocycles. The van der Waals surface area contributed by atoms with Crippen LogP contribution in [-0.4, -0.2) is 0 Å². The highest BCUT2D eigenvalue weighted by atomic mass is 14.4. The van der Waals surface area contributed by atoms with Crippen LogP contribution in [0.4, 0.5) is 0 Å². The van der Waals surface area contributed by atoms with Crippen molar-refractivity contribution >= 4 is 0 Å². The van der Waals surface area contributed by atoms with Crippen molar-refractivity contribution in [3.63, 3.8) is 0 Å². The maximum Gasteiger partial charge on any atom is -0.00781 e. The SMILES string of the molecule is CC1=CC=CC(C)(C2CCCCC2)C1. The molecule has 0 saturated heterocycles. The van der Waals surface area contributed by atoms with Gasteiger partial charge in [0.1, 0.15) is 0 Å². The number of rotatable bonds is 1. The molecule has 0 radical (unpaired) electrons. The Labute approximate surface area is 88.1 Å². The largest absolute Gasteiger partial charge is 0.0780 e. The maximum absolute atomic E-state index is 2.45. The van der Waals surface area contributed by atoms with E-state index in [2.05, 4.69) is 32.1 Å². The molecule has 0 aromatic rings. The molecule has 2 aliphatic carbocycles. The molecule has 0 bridgehead atoms. The Balaban J connectivity index is 2.08. The Hall–Kier alpha value is -0.520. The van der Waals surface area contributed by atoms with Crippen LogP contribution in [0.3, 0.4) is 0 Å². The van der Waals surface area contributed by atoms with Crippen molar-refractivity contribution in [2.45, 2.75) is 52.4 Å². The molecule has 2 rings (SSSR count). The summed E-state index contributed by atoms with van der Waals surface area (Å²) in [5, 5.41) is 0. The van der Waals surface area contributed by atoms with Crippen LogP contribution < -0.4 is 0 Å². The van der Waals surface area contributed by atoms with Crippen molar-refractivity contribution < 1.29 is 0 Å². The van der Waals surface area contributed by atoms with Crippen LogP contribution in [0.5, 0.6) is 0 Å². The third-order valence-corrected chi connectivity index (χ3v) is 4.06. The molecule has 0 nitrogen and oxygen atoms in total. The van der Waals surface area contributed by atoms with E-state index in [4.69, 9.17) is 0 Å². The monoisotopic (exact) mass is 190 g/mol. The number of hydrogen-bond donors (Lipinski definition) is 0. The van der Waals surface area contributed by atoms with E-state index in [0.29, 0.717) is 5.41 Å². The van der Waals surface area contributed by atoms with Gasteiger partial charge in [-0.15, -0.1) is 0 Å². The van der Waals surface area contributed by atoms with Gasteiger partial charge in [0.25, 0.3) is 0 Å². The van der Waals surface area contributed by atoms with Gasteiger partial charge in [-0.05, 0) is 37.5 Å². The molecule has 78 valence electrons. The Kier molecular flexibility index (Phi) is 2.80. The summed E-state index contributed by atoms with van der Waals surface area (Å²) in [5.41, 5.74) is 2.03. The van der Waals surface area contributed by atoms with Crippen LogP contribution >= 0.6 is 0 Å². The molecule has 0 heterocycles. The molecular weight excluding hydrogens is 168 g/mol. The molecule has 14 heavy (non-hydrogen) atoms. The van der Waals surface area contributed by atoms with Crippen LogP contribution in [0.15, 0.2) is 23.8 Å². The van der Waals surface area contributed by atoms with Gasteiger partial charge in [-0.3, -0.25) is 0 Å². The van der Waals surface area contributed by atoms with Crippen molar-refractivity contribution in [2.75, 3.05) is 0 Å². The van der Waals surface area contributed by atoms with E-state index in [1.54, 1.807) is 5.57 Å². The van der Waals surface area contributed by atoms with Crippen molar-refractivity contribution in [1.29, 1.82) is 0 Å². The highest BCUT2D eigenvalue weighted by Crippen LogP contribution is 2.44. The first-order chi connectivity index (χ1) is 6.71. The van der Waals surface area contributed by atoms with Gasteiger partial charge in [0, 0.05) is 0 Å². The Morgan fingerprint density at radius 1 is 1.21 bits per heavy atom. The van der Waals surface area contributed by atoms with Gasteiger partial charge in [0.05, 0.1) is 0 Å². The van der Waals surface area contributed by atoms with E-state index < -0.39 is 0 Å². The topological polar surface area (TPSA) is 0 Å². The minimum atomic E-state index is 0.471. The van der Waals surface area contributed by atoms with Crippen LogP contribution in [0.25, 0.3) is 0 Å². The highest BCUT2D eigenvalue weighted by Gasteiger charge is 2.33. The first-order valence-electron chi connectivity index (χ1n) is 6.06. The van der Waals surface area contributed by atoms with Crippen molar-refractivity contribution in [3.8, 4) is 0 Å². The zero-order chi connectivity index (χ0) is 10.0. The average molecular weight is 190 g/mol. The fourth-order valence-corrected chi connectivity index (χ4v) is 3.19. The summed E-state index contributed by atoms with van der Waals surface area (Å²) in [6, 6.07) is 0. The summed E-state index contributed by atoms with van der Waals surface area (Å²) in [6.07, 6.45) is 15.6. The van der Waals surface area contributed by atoms with E-state index in [1.807, 2.05) is 0 Å². The van der Waals surface area contributed by atoms with Gasteiger partial charge in [0.15, 0.2) is 0 Å². The Bertz CT molecular complexity index is 253. The standard InChI is InChI=1S/C14H22/c1-12-7-6-10-14(2,11-12)13-8-4-3-5-9-13/h6-7,10,13H,3-5,8-9,11H2,1-2H3. The lowest BCUT2D eigenvalue weighted by molar-refractivity contribution is 0.187. The van der Waals surface area contributed by atoms with Crippen LogP contribution in [0, 0.1) is 11.3 Å². The molecule has 0 amide bonds. The van der Waals surface area contributed by atoms with Crippen LogP contribution in [-0.2, 0) is 0 Å². The summed E-state index contributed by atoms with van der Waals surface area (Å²) in [4.78, 5) is 0. The third-order valence-electron chi connectivity index (χ3n) is 4.06. The van der Waals surface area contributed by atoms with E-state index >= 15 is 0 Å². The second kappa shape index (κ2) is 3.92. The Morgan fingerprint density at radius 2 is 1.93 bits per heavy atom. The van der Waals surface area contributed by atoms with E-state index in [-0.39, 0.29) is 0 Å². The lowest BCUT2D eigenvalue weighted by atomic mass is 9.66. The van der Waals surface area contributed by atoms with E-state index in [9.17, 15) is 0 Å². The van der Waals surface area contributed by atoms with Crippen molar-refractivity contribution in [3.05, 3.63) is 23.8 Å². The fraction of sp³-hybridized carbons (Fsp3) is 0.714. The smallest absolute Gasteiger partial charge is 0.00781 e. The van der Waals surface area contributed by atoms with Crippen molar-refractivity contribution in [2.24, 2.45) is 11.3 Å². The zero-order valence-electron chi connectivity index (χ0n) is 9.55. The average Bonchev–Trinajstić information content (AvgIpc) is 2.19. The summed E-state index contributed by atoms with van der Waals surface area (Å²) < 4.78 is 0. The van der Waals surface area contributed by atoms with Crippen LogP contribution in [0.2, 0.25) is 0 Å². The third kappa shape index (κ3) is 1.94. The first kappa shape index (κ1) is 10.0. The predicted octanol–water partition coefficient (Wildman–Crippen LogP) is 4.48. The number of allylic oxidation sites excluding steroid dienone is 4. The van der Waals surface area contributed by atoms with Gasteiger partial charge in [0.2, 0.25) is 0 Å². The summed E-state index contributed by atoms with van der Waals surface area (Å²) in [7, 11) is 0. The lowest BCUT2D eigenvalue weighted by Gasteiger charge is -2.39. The molecule has 0 heteroatoms. The van der Waals surface area contributed by atoms with E-state index in [0.717, 1.165) is 5.92 Å². The first-order valence-corrected chi connectivity index (χ1v) is 6.06. The zero-order valence-corrected chi connectivity index (χ0v) is 9.55. The summed E-state index contributed by atoms with van der Waals surface area (Å²) >= 11 is 0. The quantitative estimate of drug-likeness (QED) is 0.572. The molecule has 0 aliphatic heterocycles. The minimum absolute atomic E-state index is 0.471. The number of hydrogen-bond acceptors (Lipinski definition) is 0. The van der Waals surface area contributed by atoms with E-state index in [1.165, 1.54) is 38.5 Å². The summed E-state index contributed by atoms with van der Waals surface area (Å²) in [6.45, 7) is 4.72. The summed E-state index contributed by atoms with van der Waals surface area (Å²) in [5.74, 6) is 0.941. The van der Waals surface area contributed by atoms with Crippen LogP contribution in [0.1, 0.15) is 52.4 Å². The molecule has 1 unspecified atom stereocenters. The molecule has 0 N–H and O–H groups in total. The molecule has 1 fully saturated rings.